The first-order valence-corrected chi connectivity index (χ1v) is 7.80. The first-order chi connectivity index (χ1) is 10.9. The van der Waals surface area contributed by atoms with Crippen LogP contribution in [0.15, 0.2) is 6.20 Å². The number of hydrogen-bond acceptors (Lipinski definition) is 5. The standard InChI is InChI=1S/C14H22N6O3/c1-10(2)20-7-11(16-17-20)15-12(21)19-6-4-5-14(9-19)8-18(3)13(22)23-14/h7,10H,4-6,8-9H2,1-3H3,(H,15,21). The molecule has 1 N–H and O–H groups in total. The molecular weight excluding hydrogens is 300 g/mol. The van der Waals surface area contributed by atoms with Crippen LogP contribution in [-0.4, -0.2) is 69.2 Å². The van der Waals surface area contributed by atoms with Crippen molar-refractivity contribution in [1.29, 1.82) is 0 Å². The van der Waals surface area contributed by atoms with Gasteiger partial charge in [-0.2, -0.15) is 0 Å². The summed E-state index contributed by atoms with van der Waals surface area (Å²) in [6.07, 6.45) is 2.95. The third-order valence-corrected chi connectivity index (χ3v) is 4.24. The van der Waals surface area contributed by atoms with Crippen molar-refractivity contribution in [2.45, 2.75) is 38.3 Å². The number of anilines is 1. The van der Waals surface area contributed by atoms with Gasteiger partial charge in [0.05, 0.1) is 19.3 Å². The van der Waals surface area contributed by atoms with Crippen LogP contribution in [0.1, 0.15) is 32.7 Å². The van der Waals surface area contributed by atoms with E-state index in [1.165, 1.54) is 0 Å². The molecule has 126 valence electrons. The number of hydrogen-bond donors (Lipinski definition) is 1. The average Bonchev–Trinajstić information content (AvgIpc) is 3.05. The normalized spacial score (nSPS) is 24.4. The highest BCUT2D eigenvalue weighted by Gasteiger charge is 2.47. The predicted octanol–water partition coefficient (Wildman–Crippen LogP) is 1.31. The second-order valence-corrected chi connectivity index (χ2v) is 6.54. The van der Waals surface area contributed by atoms with Gasteiger partial charge in [0, 0.05) is 19.6 Å². The van der Waals surface area contributed by atoms with Crippen molar-refractivity contribution in [3.8, 4) is 0 Å². The number of piperidine rings is 1. The lowest BCUT2D eigenvalue weighted by molar-refractivity contribution is 0.00496. The number of likely N-dealkylation sites (N-methyl/N-ethyl adjacent to an activating group) is 1. The van der Waals surface area contributed by atoms with E-state index in [9.17, 15) is 9.59 Å². The molecular formula is C14H22N6O3. The number of likely N-dealkylation sites (tertiary alicyclic amines) is 1. The number of nitrogens with zero attached hydrogens (tertiary/aromatic N) is 5. The maximum absolute atomic E-state index is 12.4. The van der Waals surface area contributed by atoms with E-state index in [1.807, 2.05) is 13.8 Å². The maximum atomic E-state index is 12.4. The quantitative estimate of drug-likeness (QED) is 0.886. The summed E-state index contributed by atoms with van der Waals surface area (Å²) in [7, 11) is 1.71. The first kappa shape index (κ1) is 15.6. The highest BCUT2D eigenvalue weighted by atomic mass is 16.6. The van der Waals surface area contributed by atoms with Crippen LogP contribution in [0.2, 0.25) is 0 Å². The largest absolute Gasteiger partial charge is 0.439 e. The highest BCUT2D eigenvalue weighted by Crippen LogP contribution is 2.31. The zero-order valence-electron chi connectivity index (χ0n) is 13.7. The molecule has 0 aliphatic carbocycles. The Morgan fingerprint density at radius 3 is 2.83 bits per heavy atom. The fourth-order valence-corrected chi connectivity index (χ4v) is 3.05. The molecule has 1 unspecified atom stereocenters. The van der Waals surface area contributed by atoms with Gasteiger partial charge in [0.2, 0.25) is 0 Å². The Morgan fingerprint density at radius 1 is 1.43 bits per heavy atom. The SMILES string of the molecule is CC(C)n1cc(NC(=O)N2CCCC3(CN(C)C(=O)O3)C2)nn1. The smallest absolute Gasteiger partial charge is 0.410 e. The Morgan fingerprint density at radius 2 is 2.22 bits per heavy atom. The van der Waals surface area contributed by atoms with E-state index in [4.69, 9.17) is 4.74 Å². The third-order valence-electron chi connectivity index (χ3n) is 4.24. The summed E-state index contributed by atoms with van der Waals surface area (Å²) in [5.41, 5.74) is -0.586. The summed E-state index contributed by atoms with van der Waals surface area (Å²) in [6, 6.07) is -0.0645. The Bertz CT molecular complexity index is 615. The topological polar surface area (TPSA) is 92.6 Å². The lowest BCUT2D eigenvalue weighted by atomic mass is 9.93. The van der Waals surface area contributed by atoms with Crippen LogP contribution >= 0.6 is 0 Å². The summed E-state index contributed by atoms with van der Waals surface area (Å²) in [4.78, 5) is 27.3. The van der Waals surface area contributed by atoms with E-state index < -0.39 is 5.60 Å². The number of carbonyl (C=O) groups is 2. The zero-order chi connectivity index (χ0) is 16.6. The monoisotopic (exact) mass is 322 g/mol. The Hall–Kier alpha value is -2.32. The molecule has 2 aliphatic heterocycles. The molecule has 2 saturated heterocycles. The molecule has 0 aromatic carbocycles. The first-order valence-electron chi connectivity index (χ1n) is 7.80. The minimum atomic E-state index is -0.586. The van der Waals surface area contributed by atoms with Crippen molar-refractivity contribution in [2.75, 3.05) is 32.0 Å². The van der Waals surface area contributed by atoms with Crippen molar-refractivity contribution >= 4 is 17.9 Å². The fourth-order valence-electron chi connectivity index (χ4n) is 3.05. The second-order valence-electron chi connectivity index (χ2n) is 6.54. The molecule has 3 rings (SSSR count). The summed E-state index contributed by atoms with van der Waals surface area (Å²) in [5, 5.41) is 10.7. The van der Waals surface area contributed by atoms with Crippen LogP contribution in [-0.2, 0) is 4.74 Å². The molecule has 3 heterocycles. The van der Waals surface area contributed by atoms with Gasteiger partial charge in [-0.15, -0.1) is 5.10 Å². The summed E-state index contributed by atoms with van der Waals surface area (Å²) < 4.78 is 7.18. The van der Waals surface area contributed by atoms with Gasteiger partial charge in [-0.25, -0.2) is 14.3 Å². The molecule has 23 heavy (non-hydrogen) atoms. The van der Waals surface area contributed by atoms with Crippen LogP contribution in [0.25, 0.3) is 0 Å². The van der Waals surface area contributed by atoms with E-state index in [1.54, 1.807) is 27.7 Å². The molecule has 0 saturated carbocycles. The van der Waals surface area contributed by atoms with Gasteiger partial charge in [0.25, 0.3) is 0 Å². The van der Waals surface area contributed by atoms with Gasteiger partial charge < -0.3 is 14.5 Å². The van der Waals surface area contributed by atoms with Gasteiger partial charge in [-0.1, -0.05) is 5.21 Å². The maximum Gasteiger partial charge on any atom is 0.410 e. The number of carbonyl (C=O) groups excluding carboxylic acids is 2. The van der Waals surface area contributed by atoms with Crippen LogP contribution in [0.5, 0.6) is 0 Å². The van der Waals surface area contributed by atoms with E-state index in [0.717, 1.165) is 12.8 Å². The summed E-state index contributed by atoms with van der Waals surface area (Å²) in [6.45, 7) is 5.51. The van der Waals surface area contributed by atoms with Gasteiger partial charge in [0.1, 0.15) is 5.60 Å². The number of amides is 3. The van der Waals surface area contributed by atoms with E-state index in [0.29, 0.717) is 25.5 Å². The van der Waals surface area contributed by atoms with Crippen molar-refractivity contribution < 1.29 is 14.3 Å². The number of aromatic nitrogens is 3. The Labute approximate surface area is 134 Å². The molecule has 3 amide bonds. The van der Waals surface area contributed by atoms with Gasteiger partial charge >= 0.3 is 12.1 Å². The van der Waals surface area contributed by atoms with Gasteiger partial charge in [0.15, 0.2) is 5.82 Å². The van der Waals surface area contributed by atoms with Gasteiger partial charge in [-0.05, 0) is 26.7 Å². The Balaban J connectivity index is 1.64. The highest BCUT2D eigenvalue weighted by molar-refractivity contribution is 5.88. The molecule has 2 aliphatic rings. The number of rotatable bonds is 2. The molecule has 9 heteroatoms. The van der Waals surface area contributed by atoms with Crippen LogP contribution in [0, 0.1) is 0 Å². The molecule has 0 bridgehead atoms. The summed E-state index contributed by atoms with van der Waals surface area (Å²) >= 11 is 0. The van der Waals surface area contributed by atoms with Crippen LogP contribution in [0.3, 0.4) is 0 Å². The van der Waals surface area contributed by atoms with E-state index in [2.05, 4.69) is 15.6 Å². The second kappa shape index (κ2) is 5.71. The molecule has 1 aromatic heterocycles. The third kappa shape index (κ3) is 3.08. The number of urea groups is 1. The van der Waals surface area contributed by atoms with Crippen molar-refractivity contribution in [3.05, 3.63) is 6.20 Å². The predicted molar refractivity (Wildman–Crippen MR) is 82.1 cm³/mol. The lowest BCUT2D eigenvalue weighted by Gasteiger charge is -2.38. The minimum Gasteiger partial charge on any atom is -0.439 e. The van der Waals surface area contributed by atoms with Crippen molar-refractivity contribution in [3.63, 3.8) is 0 Å². The fraction of sp³-hybridized carbons (Fsp3) is 0.714. The summed E-state index contributed by atoms with van der Waals surface area (Å²) in [5.74, 6) is 0.420. The molecule has 2 fully saturated rings. The van der Waals surface area contributed by atoms with E-state index in [-0.39, 0.29) is 18.2 Å². The molecule has 1 atom stereocenters. The van der Waals surface area contributed by atoms with Crippen molar-refractivity contribution in [1.82, 2.24) is 24.8 Å². The molecule has 1 spiro atoms. The van der Waals surface area contributed by atoms with Crippen molar-refractivity contribution in [2.24, 2.45) is 0 Å². The van der Waals surface area contributed by atoms with E-state index >= 15 is 0 Å². The Kier molecular flexibility index (Phi) is 3.87. The molecule has 0 radical (unpaired) electrons. The molecule has 1 aromatic rings. The minimum absolute atomic E-state index is 0.180. The number of nitrogens with one attached hydrogen (secondary N) is 1. The number of ether oxygens (including phenoxy) is 1. The lowest BCUT2D eigenvalue weighted by Crippen LogP contribution is -2.53. The average molecular weight is 322 g/mol. The zero-order valence-corrected chi connectivity index (χ0v) is 13.7. The van der Waals surface area contributed by atoms with Crippen LogP contribution in [0.4, 0.5) is 15.4 Å². The van der Waals surface area contributed by atoms with Gasteiger partial charge in [-0.3, -0.25) is 5.32 Å². The molecule has 9 nitrogen and oxygen atoms in total. The van der Waals surface area contributed by atoms with Crippen LogP contribution < -0.4 is 5.32 Å².